The van der Waals surface area contributed by atoms with E-state index in [0.29, 0.717) is 12.1 Å². The second-order valence-corrected chi connectivity index (χ2v) is 5.30. The molecule has 0 saturated heterocycles. The van der Waals surface area contributed by atoms with Gasteiger partial charge in [0.15, 0.2) is 0 Å². The highest BCUT2D eigenvalue weighted by Crippen LogP contribution is 2.39. The van der Waals surface area contributed by atoms with Crippen molar-refractivity contribution in [2.45, 2.75) is 6.18 Å². The quantitative estimate of drug-likeness (QED) is 0.607. The van der Waals surface area contributed by atoms with Gasteiger partial charge in [0.2, 0.25) is 5.82 Å². The van der Waals surface area contributed by atoms with Gasteiger partial charge in [-0.15, -0.1) is 0 Å². The van der Waals surface area contributed by atoms with Crippen LogP contribution in [0.25, 0.3) is 5.69 Å². The number of benzene rings is 1. The summed E-state index contributed by atoms with van der Waals surface area (Å²) in [5.74, 6) is -0.169. The van der Waals surface area contributed by atoms with E-state index in [9.17, 15) is 23.3 Å². The molecule has 0 amide bonds. The standard InChI is InChI=1S/C12H9Cl2F3N4O3/c13-7-3-6(12(15,16)17)4-8(14)10(7)20-11(18-1-2-22)9(5-19-20)21(23)24/h3-5,18,22H,1-2H2. The molecule has 0 fully saturated rings. The number of aliphatic hydroxyl groups is 1. The van der Waals surface area contributed by atoms with Crippen LogP contribution in [0.2, 0.25) is 10.0 Å². The van der Waals surface area contributed by atoms with Crippen molar-refractivity contribution in [3.8, 4) is 5.69 Å². The van der Waals surface area contributed by atoms with Crippen LogP contribution in [0.4, 0.5) is 24.7 Å². The maximum atomic E-state index is 12.8. The SMILES string of the molecule is O=[N+]([O-])c1cnn(-c2c(Cl)cc(C(F)(F)F)cc2Cl)c1NCCO. The Morgan fingerprint density at radius 2 is 1.92 bits per heavy atom. The molecule has 12 heteroatoms. The van der Waals surface area contributed by atoms with Crippen LogP contribution in [0, 0.1) is 10.1 Å². The van der Waals surface area contributed by atoms with Crippen molar-refractivity contribution < 1.29 is 23.2 Å². The van der Waals surface area contributed by atoms with Crippen molar-refractivity contribution >= 4 is 34.7 Å². The molecule has 1 aromatic heterocycles. The van der Waals surface area contributed by atoms with Gasteiger partial charge in [0, 0.05) is 6.54 Å². The summed E-state index contributed by atoms with van der Waals surface area (Å²) in [6.45, 7) is -0.390. The van der Waals surface area contributed by atoms with Gasteiger partial charge in [-0.1, -0.05) is 23.2 Å². The summed E-state index contributed by atoms with van der Waals surface area (Å²) in [5, 5.41) is 25.4. The van der Waals surface area contributed by atoms with Gasteiger partial charge in [0.25, 0.3) is 0 Å². The molecule has 0 saturated carbocycles. The third-order valence-electron chi connectivity index (χ3n) is 2.91. The fourth-order valence-corrected chi connectivity index (χ4v) is 2.56. The molecule has 0 aliphatic carbocycles. The summed E-state index contributed by atoms with van der Waals surface area (Å²) in [6, 6.07) is 1.29. The van der Waals surface area contributed by atoms with Gasteiger partial charge in [-0.25, -0.2) is 4.68 Å². The average molecular weight is 385 g/mol. The van der Waals surface area contributed by atoms with E-state index in [1.807, 2.05) is 0 Å². The number of aliphatic hydroxyl groups excluding tert-OH is 1. The molecule has 0 aliphatic rings. The van der Waals surface area contributed by atoms with Crippen LogP contribution >= 0.6 is 23.2 Å². The summed E-state index contributed by atoms with van der Waals surface area (Å²) < 4.78 is 39.2. The van der Waals surface area contributed by atoms with Crippen LogP contribution in [-0.4, -0.2) is 33.0 Å². The molecule has 0 unspecified atom stereocenters. The monoisotopic (exact) mass is 384 g/mol. The second-order valence-electron chi connectivity index (χ2n) is 4.48. The second kappa shape index (κ2) is 6.83. The van der Waals surface area contributed by atoms with Crippen LogP contribution in [0.1, 0.15) is 5.56 Å². The molecule has 24 heavy (non-hydrogen) atoms. The number of nitrogens with one attached hydrogen (secondary N) is 1. The predicted octanol–water partition coefficient (Wildman–Crippen LogP) is 3.51. The lowest BCUT2D eigenvalue weighted by Gasteiger charge is -2.14. The fourth-order valence-electron chi connectivity index (χ4n) is 1.91. The lowest BCUT2D eigenvalue weighted by molar-refractivity contribution is -0.384. The first-order valence-electron chi connectivity index (χ1n) is 6.30. The third kappa shape index (κ3) is 3.55. The molecular weight excluding hydrogens is 376 g/mol. The summed E-state index contributed by atoms with van der Waals surface area (Å²) in [4.78, 5) is 10.3. The number of nitro groups is 1. The molecule has 1 heterocycles. The van der Waals surface area contributed by atoms with Gasteiger partial charge < -0.3 is 10.4 Å². The fraction of sp³-hybridized carbons (Fsp3) is 0.250. The smallest absolute Gasteiger partial charge is 0.395 e. The van der Waals surface area contributed by atoms with Gasteiger partial charge in [-0.3, -0.25) is 10.1 Å². The molecule has 0 spiro atoms. The Kier molecular flexibility index (Phi) is 5.21. The van der Waals surface area contributed by atoms with Crippen molar-refractivity contribution in [2.24, 2.45) is 0 Å². The highest BCUT2D eigenvalue weighted by atomic mass is 35.5. The van der Waals surface area contributed by atoms with Gasteiger partial charge >= 0.3 is 11.9 Å². The van der Waals surface area contributed by atoms with Gasteiger partial charge in [0.1, 0.15) is 11.9 Å². The van der Waals surface area contributed by atoms with Crippen LogP contribution in [0.15, 0.2) is 18.3 Å². The maximum absolute atomic E-state index is 12.8. The Morgan fingerprint density at radius 1 is 1.33 bits per heavy atom. The summed E-state index contributed by atoms with van der Waals surface area (Å²) >= 11 is 11.8. The maximum Gasteiger partial charge on any atom is 0.416 e. The number of rotatable bonds is 5. The van der Waals surface area contributed by atoms with E-state index in [-0.39, 0.29) is 34.7 Å². The minimum Gasteiger partial charge on any atom is -0.395 e. The largest absolute Gasteiger partial charge is 0.416 e. The zero-order valence-corrected chi connectivity index (χ0v) is 13.2. The lowest BCUT2D eigenvalue weighted by atomic mass is 10.2. The Morgan fingerprint density at radius 3 is 2.38 bits per heavy atom. The molecule has 7 nitrogen and oxygen atoms in total. The van der Waals surface area contributed by atoms with Crippen molar-refractivity contribution in [1.29, 1.82) is 0 Å². The highest BCUT2D eigenvalue weighted by Gasteiger charge is 2.33. The number of nitrogens with zero attached hydrogens (tertiary/aromatic N) is 3. The number of aromatic nitrogens is 2. The van der Waals surface area contributed by atoms with E-state index in [1.54, 1.807) is 0 Å². The van der Waals surface area contributed by atoms with E-state index in [4.69, 9.17) is 28.3 Å². The molecule has 1 aromatic carbocycles. The Labute approximate surface area is 142 Å². The first-order valence-corrected chi connectivity index (χ1v) is 7.06. The molecule has 2 N–H and O–H groups in total. The van der Waals surface area contributed by atoms with Gasteiger partial charge in [-0.2, -0.15) is 18.3 Å². The van der Waals surface area contributed by atoms with Crippen molar-refractivity contribution in [3.05, 3.63) is 44.1 Å². The van der Waals surface area contributed by atoms with Crippen LogP contribution < -0.4 is 5.32 Å². The lowest BCUT2D eigenvalue weighted by Crippen LogP contribution is -2.13. The topological polar surface area (TPSA) is 93.2 Å². The molecular formula is C12H9Cl2F3N4O3. The van der Waals surface area contributed by atoms with Crippen molar-refractivity contribution in [3.63, 3.8) is 0 Å². The number of halogens is 5. The minimum absolute atomic E-state index is 0.0532. The normalized spacial score (nSPS) is 11.6. The molecule has 0 radical (unpaired) electrons. The van der Waals surface area contributed by atoms with E-state index in [2.05, 4.69) is 10.4 Å². The molecule has 0 bridgehead atoms. The molecule has 0 atom stereocenters. The van der Waals surface area contributed by atoms with Crippen molar-refractivity contribution in [2.75, 3.05) is 18.5 Å². The van der Waals surface area contributed by atoms with Gasteiger partial charge in [0.05, 0.1) is 27.1 Å². The number of anilines is 1. The van der Waals surface area contributed by atoms with E-state index in [1.165, 1.54) is 0 Å². The minimum atomic E-state index is -4.65. The number of hydrogen-bond acceptors (Lipinski definition) is 5. The summed E-state index contributed by atoms with van der Waals surface area (Å²) in [5.41, 5.74) is -1.66. The van der Waals surface area contributed by atoms with E-state index >= 15 is 0 Å². The van der Waals surface area contributed by atoms with E-state index in [0.717, 1.165) is 10.9 Å². The first kappa shape index (κ1) is 18.3. The van der Waals surface area contributed by atoms with Crippen molar-refractivity contribution in [1.82, 2.24) is 9.78 Å². The zero-order valence-electron chi connectivity index (χ0n) is 11.6. The molecule has 2 aromatic rings. The number of hydrogen-bond donors (Lipinski definition) is 2. The van der Waals surface area contributed by atoms with Crippen LogP contribution in [-0.2, 0) is 6.18 Å². The third-order valence-corrected chi connectivity index (χ3v) is 3.48. The highest BCUT2D eigenvalue weighted by molar-refractivity contribution is 6.38. The Balaban J connectivity index is 2.62. The zero-order chi connectivity index (χ0) is 18.1. The summed E-state index contributed by atoms with van der Waals surface area (Å²) in [6.07, 6.45) is -3.76. The first-order chi connectivity index (χ1) is 11.2. The molecule has 2 rings (SSSR count). The van der Waals surface area contributed by atoms with E-state index < -0.39 is 22.4 Å². The van der Waals surface area contributed by atoms with Crippen LogP contribution in [0.5, 0.6) is 0 Å². The predicted molar refractivity (Wildman–Crippen MR) is 80.8 cm³/mol. The molecule has 130 valence electrons. The summed E-state index contributed by atoms with van der Waals surface area (Å²) in [7, 11) is 0. The Bertz CT molecular complexity index is 756. The Hall–Kier alpha value is -2.04. The van der Waals surface area contributed by atoms with Crippen LogP contribution in [0.3, 0.4) is 0 Å². The number of alkyl halides is 3. The molecule has 0 aliphatic heterocycles. The average Bonchev–Trinajstić information content (AvgIpc) is 2.87. The van der Waals surface area contributed by atoms with Gasteiger partial charge in [-0.05, 0) is 12.1 Å².